The number of aromatic amines is 1. The Morgan fingerprint density at radius 1 is 1.19 bits per heavy atom. The first-order valence-corrected chi connectivity index (χ1v) is 8.86. The number of carbonyl (C=O) groups is 1. The smallest absolute Gasteiger partial charge is 0.270 e. The molecule has 1 amide bonds. The molecule has 4 nitrogen and oxygen atoms in total. The third-order valence-electron chi connectivity index (χ3n) is 4.18. The molecule has 1 atom stereocenters. The molecule has 0 saturated heterocycles. The van der Waals surface area contributed by atoms with Crippen molar-refractivity contribution in [3.63, 3.8) is 0 Å². The van der Waals surface area contributed by atoms with Crippen LogP contribution in [-0.2, 0) is 6.42 Å². The fraction of sp³-hybridized carbons (Fsp3) is 0.200. The molecule has 1 aromatic heterocycles. The molecule has 3 aromatic rings. The maximum atomic E-state index is 13.2. The zero-order valence-electron chi connectivity index (χ0n) is 14.4. The Morgan fingerprint density at radius 3 is 2.58 bits per heavy atom. The Kier molecular flexibility index (Phi) is 5.63. The van der Waals surface area contributed by atoms with E-state index in [-0.39, 0.29) is 17.8 Å². The van der Waals surface area contributed by atoms with Crippen LogP contribution < -0.4 is 5.32 Å². The van der Waals surface area contributed by atoms with Crippen LogP contribution in [0.5, 0.6) is 0 Å². The Hall–Kier alpha value is -2.73. The summed E-state index contributed by atoms with van der Waals surface area (Å²) >= 11 is 5.27. The molecule has 0 radical (unpaired) electrons. The van der Waals surface area contributed by atoms with Crippen molar-refractivity contribution in [3.05, 3.63) is 82.6 Å². The van der Waals surface area contributed by atoms with Gasteiger partial charge in [0.25, 0.3) is 5.91 Å². The highest BCUT2D eigenvalue weighted by Gasteiger charge is 2.16. The van der Waals surface area contributed by atoms with Crippen LogP contribution in [0.1, 0.15) is 29.4 Å². The summed E-state index contributed by atoms with van der Waals surface area (Å²) in [6, 6.07) is 16.0. The molecule has 0 aliphatic heterocycles. The average molecular weight is 369 g/mol. The Morgan fingerprint density at radius 2 is 1.88 bits per heavy atom. The van der Waals surface area contributed by atoms with E-state index in [2.05, 4.69) is 22.4 Å². The van der Waals surface area contributed by atoms with E-state index < -0.39 is 0 Å². The summed E-state index contributed by atoms with van der Waals surface area (Å²) in [7, 11) is 0. The van der Waals surface area contributed by atoms with Crippen LogP contribution in [0.4, 0.5) is 4.39 Å². The number of nitrogens with zero attached hydrogens (tertiary/aromatic N) is 1. The lowest BCUT2D eigenvalue weighted by Gasteiger charge is -2.15. The SMILES string of the molecule is CC(CCc1ccccc1)NC(=O)c1c[nH]c(=S)n1-c1ccc(F)cc1. The third kappa shape index (κ3) is 4.26. The van der Waals surface area contributed by atoms with Gasteiger partial charge in [0.1, 0.15) is 11.5 Å². The zero-order valence-corrected chi connectivity index (χ0v) is 15.2. The van der Waals surface area contributed by atoms with Crippen LogP contribution in [0.3, 0.4) is 0 Å². The van der Waals surface area contributed by atoms with Gasteiger partial charge < -0.3 is 10.3 Å². The second-order valence-electron chi connectivity index (χ2n) is 6.19. The first kappa shape index (κ1) is 18.1. The molecule has 6 heteroatoms. The number of aromatic nitrogens is 2. The molecule has 0 spiro atoms. The van der Waals surface area contributed by atoms with Crippen molar-refractivity contribution in [3.8, 4) is 5.69 Å². The van der Waals surface area contributed by atoms with E-state index in [1.165, 1.54) is 17.7 Å². The standard InChI is InChI=1S/C20H20FN3OS/c1-14(7-8-15-5-3-2-4-6-15)23-19(25)18-13-22-20(26)24(18)17-11-9-16(21)10-12-17/h2-6,9-14H,7-8H2,1H3,(H,22,26)(H,23,25). The van der Waals surface area contributed by atoms with Gasteiger partial charge in [-0.1, -0.05) is 30.3 Å². The average Bonchev–Trinajstić information content (AvgIpc) is 3.03. The van der Waals surface area contributed by atoms with Crippen molar-refractivity contribution in [1.29, 1.82) is 0 Å². The number of hydrogen-bond acceptors (Lipinski definition) is 2. The predicted molar refractivity (Wildman–Crippen MR) is 103 cm³/mol. The van der Waals surface area contributed by atoms with E-state index in [1.54, 1.807) is 22.9 Å². The quantitative estimate of drug-likeness (QED) is 0.632. The molecule has 0 saturated carbocycles. The fourth-order valence-corrected chi connectivity index (χ4v) is 3.04. The minimum atomic E-state index is -0.337. The molecule has 2 aromatic carbocycles. The Balaban J connectivity index is 1.70. The number of nitrogens with one attached hydrogen (secondary N) is 2. The summed E-state index contributed by atoms with van der Waals surface area (Å²) < 4.78 is 15.2. The lowest BCUT2D eigenvalue weighted by atomic mass is 10.1. The van der Waals surface area contributed by atoms with Gasteiger partial charge in [0.2, 0.25) is 0 Å². The van der Waals surface area contributed by atoms with Gasteiger partial charge in [-0.3, -0.25) is 9.36 Å². The van der Waals surface area contributed by atoms with Crippen LogP contribution in [0.15, 0.2) is 60.8 Å². The second kappa shape index (κ2) is 8.10. The summed E-state index contributed by atoms with van der Waals surface area (Å²) in [5.41, 5.74) is 2.28. The fourth-order valence-electron chi connectivity index (χ4n) is 2.78. The van der Waals surface area contributed by atoms with E-state index in [4.69, 9.17) is 12.2 Å². The van der Waals surface area contributed by atoms with Gasteiger partial charge in [-0.05, 0) is 61.8 Å². The number of amides is 1. The molecule has 3 rings (SSSR count). The summed E-state index contributed by atoms with van der Waals surface area (Å²) in [5.74, 6) is -0.557. The topological polar surface area (TPSA) is 49.8 Å². The highest BCUT2D eigenvalue weighted by Crippen LogP contribution is 2.14. The minimum absolute atomic E-state index is 0.00726. The van der Waals surface area contributed by atoms with Gasteiger partial charge in [0.05, 0.1) is 0 Å². The van der Waals surface area contributed by atoms with Crippen molar-refractivity contribution in [1.82, 2.24) is 14.9 Å². The van der Waals surface area contributed by atoms with Crippen molar-refractivity contribution >= 4 is 18.1 Å². The van der Waals surface area contributed by atoms with Gasteiger partial charge in [0, 0.05) is 17.9 Å². The lowest BCUT2D eigenvalue weighted by molar-refractivity contribution is 0.0931. The summed E-state index contributed by atoms with van der Waals surface area (Å²) in [6.07, 6.45) is 3.29. The molecule has 0 fully saturated rings. The maximum absolute atomic E-state index is 13.2. The minimum Gasteiger partial charge on any atom is -0.348 e. The largest absolute Gasteiger partial charge is 0.348 e. The van der Waals surface area contributed by atoms with E-state index >= 15 is 0 Å². The number of H-pyrrole nitrogens is 1. The van der Waals surface area contributed by atoms with Crippen molar-refractivity contribution in [2.45, 2.75) is 25.8 Å². The van der Waals surface area contributed by atoms with Crippen LogP contribution in [0.2, 0.25) is 0 Å². The van der Waals surface area contributed by atoms with Crippen LogP contribution in [-0.4, -0.2) is 21.5 Å². The normalized spacial score (nSPS) is 11.9. The molecule has 0 bridgehead atoms. The molecule has 134 valence electrons. The van der Waals surface area contributed by atoms with E-state index in [0.29, 0.717) is 16.2 Å². The summed E-state index contributed by atoms with van der Waals surface area (Å²) in [5, 5.41) is 3.00. The summed E-state index contributed by atoms with van der Waals surface area (Å²) in [6.45, 7) is 1.98. The highest BCUT2D eigenvalue weighted by molar-refractivity contribution is 7.71. The second-order valence-corrected chi connectivity index (χ2v) is 6.58. The summed E-state index contributed by atoms with van der Waals surface area (Å²) in [4.78, 5) is 15.6. The van der Waals surface area contributed by atoms with E-state index in [0.717, 1.165) is 12.8 Å². The van der Waals surface area contributed by atoms with Crippen molar-refractivity contribution < 1.29 is 9.18 Å². The number of imidazole rings is 1. The van der Waals surface area contributed by atoms with Crippen molar-refractivity contribution in [2.75, 3.05) is 0 Å². The number of benzene rings is 2. The number of hydrogen-bond donors (Lipinski definition) is 2. The molecule has 2 N–H and O–H groups in total. The molecule has 0 aliphatic carbocycles. The monoisotopic (exact) mass is 369 g/mol. The number of rotatable bonds is 6. The first-order valence-electron chi connectivity index (χ1n) is 8.46. The van der Waals surface area contributed by atoms with Crippen LogP contribution in [0.25, 0.3) is 5.69 Å². The van der Waals surface area contributed by atoms with Crippen molar-refractivity contribution in [2.24, 2.45) is 0 Å². The Labute approximate surface area is 156 Å². The first-order chi connectivity index (χ1) is 12.5. The molecule has 1 unspecified atom stereocenters. The molecule has 1 heterocycles. The van der Waals surface area contributed by atoms with E-state index in [9.17, 15) is 9.18 Å². The molecular weight excluding hydrogens is 349 g/mol. The van der Waals surface area contributed by atoms with Crippen LogP contribution in [0, 0.1) is 10.6 Å². The number of carbonyl (C=O) groups excluding carboxylic acids is 1. The van der Waals surface area contributed by atoms with Gasteiger partial charge in [-0.25, -0.2) is 4.39 Å². The van der Waals surface area contributed by atoms with Gasteiger partial charge >= 0.3 is 0 Å². The predicted octanol–water partition coefficient (Wildman–Crippen LogP) is 4.43. The third-order valence-corrected chi connectivity index (χ3v) is 4.48. The van der Waals surface area contributed by atoms with Gasteiger partial charge in [-0.2, -0.15) is 0 Å². The van der Waals surface area contributed by atoms with Gasteiger partial charge in [0.15, 0.2) is 4.77 Å². The molecule has 26 heavy (non-hydrogen) atoms. The molecular formula is C20H20FN3OS. The van der Waals surface area contributed by atoms with E-state index in [1.807, 2.05) is 25.1 Å². The Bertz CT molecular complexity index is 932. The maximum Gasteiger partial charge on any atom is 0.270 e. The lowest BCUT2D eigenvalue weighted by Crippen LogP contribution is -2.34. The zero-order chi connectivity index (χ0) is 18.5. The van der Waals surface area contributed by atoms with Crippen LogP contribution >= 0.6 is 12.2 Å². The molecule has 0 aliphatic rings. The number of aryl methyl sites for hydroxylation is 1. The number of halogens is 1. The highest BCUT2D eigenvalue weighted by atomic mass is 32.1. The van der Waals surface area contributed by atoms with Gasteiger partial charge in [-0.15, -0.1) is 0 Å².